The van der Waals surface area contributed by atoms with Gasteiger partial charge in [0, 0.05) is 12.5 Å². The van der Waals surface area contributed by atoms with Crippen LogP contribution in [0.25, 0.3) is 17.0 Å². The predicted octanol–water partition coefficient (Wildman–Crippen LogP) is 2.43. The Bertz CT molecular complexity index is 1060. The van der Waals surface area contributed by atoms with Crippen LogP contribution in [0, 0.1) is 0 Å². The third kappa shape index (κ3) is 3.89. The summed E-state index contributed by atoms with van der Waals surface area (Å²) in [4.78, 5) is 17.0. The molecule has 1 aromatic heterocycles. The van der Waals surface area contributed by atoms with E-state index in [0.29, 0.717) is 18.3 Å². The predicted molar refractivity (Wildman–Crippen MR) is 107 cm³/mol. The number of benzene rings is 2. The minimum absolute atomic E-state index is 0.215. The molecule has 0 unspecified atom stereocenters. The summed E-state index contributed by atoms with van der Waals surface area (Å²) >= 11 is 0. The van der Waals surface area contributed by atoms with Crippen LogP contribution in [0.4, 0.5) is 0 Å². The van der Waals surface area contributed by atoms with Crippen LogP contribution in [0.5, 0.6) is 0 Å². The number of ether oxygens (including phenoxy) is 1. The number of hydrogen-bond acceptors (Lipinski definition) is 5. The van der Waals surface area contributed by atoms with Crippen LogP contribution < -0.4 is 10.6 Å². The Hall–Kier alpha value is -3.58. The molecule has 140 valence electrons. The van der Waals surface area contributed by atoms with Gasteiger partial charge in [0.05, 0.1) is 18.3 Å². The molecule has 2 N–H and O–H groups in total. The van der Waals surface area contributed by atoms with E-state index in [9.17, 15) is 4.79 Å². The van der Waals surface area contributed by atoms with E-state index in [1.54, 1.807) is 19.4 Å². The fourth-order valence-electron chi connectivity index (χ4n) is 3.02. The Labute approximate surface area is 162 Å². The Morgan fingerprint density at radius 2 is 2.00 bits per heavy atom. The summed E-state index contributed by atoms with van der Waals surface area (Å²) in [5.74, 6) is 0.185. The van der Waals surface area contributed by atoms with Crippen LogP contribution in [-0.2, 0) is 9.53 Å². The fraction of sp³-hybridized carbons (Fsp3) is 0.143. The number of fused-ring (bicyclic) bond motifs is 1. The first-order chi connectivity index (χ1) is 13.7. The summed E-state index contributed by atoms with van der Waals surface area (Å²) in [6.45, 7) is 0.413. The largest absolute Gasteiger partial charge is 0.382 e. The number of carbonyl (C=O) groups is 1. The third-order valence-corrected chi connectivity index (χ3v) is 4.37. The average Bonchev–Trinajstić information content (AvgIpc) is 3.07. The van der Waals surface area contributed by atoms with Crippen LogP contribution >= 0.6 is 0 Å². The van der Waals surface area contributed by atoms with Gasteiger partial charge >= 0.3 is 0 Å². The molecule has 1 fully saturated rings. The monoisotopic (exact) mass is 373 g/mol. The lowest BCUT2D eigenvalue weighted by molar-refractivity contribution is -0.115. The van der Waals surface area contributed by atoms with Gasteiger partial charge in [-0.25, -0.2) is 4.99 Å². The Morgan fingerprint density at radius 1 is 1.14 bits per heavy atom. The van der Waals surface area contributed by atoms with Crippen molar-refractivity contribution in [2.24, 2.45) is 4.99 Å². The number of carbonyl (C=O) groups excluding carboxylic acids is 1. The Kier molecular flexibility index (Phi) is 5.07. The second-order valence-corrected chi connectivity index (χ2v) is 6.35. The highest BCUT2D eigenvalue weighted by Gasteiger charge is 2.23. The minimum Gasteiger partial charge on any atom is -0.382 e. The highest BCUT2D eigenvalue weighted by molar-refractivity contribution is 6.15. The van der Waals surface area contributed by atoms with Crippen LogP contribution in [0.15, 0.2) is 71.5 Å². The summed E-state index contributed by atoms with van der Waals surface area (Å²) in [7, 11) is 1.63. The molecule has 0 saturated carbocycles. The van der Waals surface area contributed by atoms with E-state index >= 15 is 0 Å². The molecular formula is C21H19N5O2. The van der Waals surface area contributed by atoms with E-state index in [2.05, 4.69) is 25.8 Å². The summed E-state index contributed by atoms with van der Waals surface area (Å²) < 4.78 is 5.29. The molecule has 0 radical (unpaired) electrons. The van der Waals surface area contributed by atoms with Crippen molar-refractivity contribution in [3.8, 4) is 0 Å². The highest BCUT2D eigenvalue weighted by atomic mass is 16.5. The standard InChI is InChI=1S/C21H19N5O2/c1-28-13-19(15-5-3-2-4-6-15)24-21-23-18(20(27)25-21)12-14-7-8-17-16(11-14)9-10-22-26-17/h2-12,19H,13H2,1H3,(H2,23,24,25,27)/b18-12-/t19-/m0/s1. The molecule has 7 heteroatoms. The molecule has 1 aliphatic rings. The second-order valence-electron chi connectivity index (χ2n) is 6.35. The lowest BCUT2D eigenvalue weighted by Gasteiger charge is -2.12. The molecular weight excluding hydrogens is 354 g/mol. The highest BCUT2D eigenvalue weighted by Crippen LogP contribution is 2.19. The normalized spacial score (nSPS) is 17.7. The molecule has 2 aromatic carbocycles. The average molecular weight is 373 g/mol. The number of methoxy groups -OCH3 is 1. The third-order valence-electron chi connectivity index (χ3n) is 4.37. The van der Waals surface area contributed by atoms with Gasteiger partial charge < -0.3 is 10.1 Å². The summed E-state index contributed by atoms with van der Waals surface area (Å²) in [5.41, 5.74) is 3.14. The van der Waals surface area contributed by atoms with Gasteiger partial charge in [-0.3, -0.25) is 10.1 Å². The zero-order chi connectivity index (χ0) is 19.3. The summed E-state index contributed by atoms with van der Waals surface area (Å²) in [5, 5.41) is 14.7. The molecule has 1 aliphatic heterocycles. The van der Waals surface area contributed by atoms with Crippen molar-refractivity contribution in [3.63, 3.8) is 0 Å². The van der Waals surface area contributed by atoms with Gasteiger partial charge in [0.2, 0.25) is 5.96 Å². The van der Waals surface area contributed by atoms with Crippen LogP contribution in [0.3, 0.4) is 0 Å². The van der Waals surface area contributed by atoms with E-state index < -0.39 is 0 Å². The van der Waals surface area contributed by atoms with Crippen LogP contribution in [-0.4, -0.2) is 35.8 Å². The Balaban J connectivity index is 1.58. The van der Waals surface area contributed by atoms with Crippen molar-refractivity contribution in [3.05, 3.63) is 77.6 Å². The molecule has 28 heavy (non-hydrogen) atoms. The molecule has 0 bridgehead atoms. The molecule has 4 rings (SSSR count). The molecule has 1 saturated heterocycles. The van der Waals surface area contributed by atoms with E-state index in [-0.39, 0.29) is 11.9 Å². The SMILES string of the molecule is COC[C@H](N=C1NC(=O)/C(=C/c2ccc3nnccc3c2)N1)c1ccccc1. The molecule has 1 amide bonds. The molecule has 0 spiro atoms. The van der Waals surface area contributed by atoms with Crippen LogP contribution in [0.2, 0.25) is 0 Å². The first-order valence-corrected chi connectivity index (χ1v) is 8.86. The number of aliphatic imine (C=N–C) groups is 1. The molecule has 2 heterocycles. The zero-order valence-electron chi connectivity index (χ0n) is 15.3. The van der Waals surface area contributed by atoms with Gasteiger partial charge in [-0.1, -0.05) is 36.4 Å². The lowest BCUT2D eigenvalue weighted by Crippen LogP contribution is -2.26. The lowest BCUT2D eigenvalue weighted by atomic mass is 10.1. The number of guanidine groups is 1. The molecule has 7 nitrogen and oxygen atoms in total. The van der Waals surface area contributed by atoms with Gasteiger partial charge in [-0.2, -0.15) is 10.2 Å². The Morgan fingerprint density at radius 3 is 2.82 bits per heavy atom. The van der Waals surface area contributed by atoms with Gasteiger partial charge in [-0.05, 0) is 35.4 Å². The van der Waals surface area contributed by atoms with Crippen molar-refractivity contribution in [1.29, 1.82) is 0 Å². The molecule has 1 atom stereocenters. The van der Waals surface area contributed by atoms with Crippen molar-refractivity contribution in [1.82, 2.24) is 20.8 Å². The quantitative estimate of drug-likeness (QED) is 0.671. The maximum absolute atomic E-state index is 12.4. The molecule has 0 aliphatic carbocycles. The van der Waals surface area contributed by atoms with E-state index in [1.807, 2.05) is 54.6 Å². The van der Waals surface area contributed by atoms with Gasteiger partial charge in [-0.15, -0.1) is 0 Å². The topological polar surface area (TPSA) is 88.5 Å². The second kappa shape index (κ2) is 7.98. The van der Waals surface area contributed by atoms with Crippen LogP contribution in [0.1, 0.15) is 17.2 Å². The van der Waals surface area contributed by atoms with Gasteiger partial charge in [0.25, 0.3) is 5.91 Å². The summed E-state index contributed by atoms with van der Waals surface area (Å²) in [6.07, 6.45) is 3.43. The number of hydrogen-bond donors (Lipinski definition) is 2. The van der Waals surface area contributed by atoms with Crippen molar-refractivity contribution in [2.75, 3.05) is 13.7 Å². The number of amides is 1. The minimum atomic E-state index is -0.226. The fourth-order valence-corrected chi connectivity index (χ4v) is 3.02. The summed E-state index contributed by atoms with van der Waals surface area (Å²) in [6, 6.07) is 17.2. The first kappa shape index (κ1) is 17.8. The number of nitrogens with zero attached hydrogens (tertiary/aromatic N) is 3. The van der Waals surface area contributed by atoms with Crippen molar-refractivity contribution in [2.45, 2.75) is 6.04 Å². The van der Waals surface area contributed by atoms with E-state index in [0.717, 1.165) is 22.0 Å². The first-order valence-electron chi connectivity index (χ1n) is 8.86. The van der Waals surface area contributed by atoms with Crippen molar-refractivity contribution >= 4 is 28.8 Å². The number of aromatic nitrogens is 2. The molecule has 3 aromatic rings. The van der Waals surface area contributed by atoms with E-state index in [1.165, 1.54) is 0 Å². The van der Waals surface area contributed by atoms with Gasteiger partial charge in [0.1, 0.15) is 11.7 Å². The maximum atomic E-state index is 12.4. The van der Waals surface area contributed by atoms with Gasteiger partial charge in [0.15, 0.2) is 0 Å². The van der Waals surface area contributed by atoms with E-state index in [4.69, 9.17) is 4.74 Å². The zero-order valence-corrected chi connectivity index (χ0v) is 15.3. The number of nitrogens with one attached hydrogen (secondary N) is 2. The number of rotatable bonds is 5. The maximum Gasteiger partial charge on any atom is 0.274 e. The van der Waals surface area contributed by atoms with Crippen molar-refractivity contribution < 1.29 is 9.53 Å². The smallest absolute Gasteiger partial charge is 0.274 e.